The number of aromatic nitrogens is 1. The van der Waals surface area contributed by atoms with Crippen LogP contribution in [0.5, 0.6) is 5.75 Å². The Morgan fingerprint density at radius 3 is 2.49 bits per heavy atom. The van der Waals surface area contributed by atoms with Crippen molar-refractivity contribution in [3.05, 3.63) is 110 Å². The number of carbonyl (C=O) groups is 1. The van der Waals surface area contributed by atoms with E-state index in [0.29, 0.717) is 38.5 Å². The zero-order valence-electron chi connectivity index (χ0n) is 21.1. The van der Waals surface area contributed by atoms with Crippen molar-refractivity contribution in [2.75, 3.05) is 0 Å². The molecule has 1 aliphatic carbocycles. The van der Waals surface area contributed by atoms with Gasteiger partial charge in [0.05, 0.1) is 17.0 Å². The van der Waals surface area contributed by atoms with Gasteiger partial charge >= 0.3 is 12.4 Å². The minimum absolute atomic E-state index is 0.0824. The van der Waals surface area contributed by atoms with Crippen LogP contribution in [0.1, 0.15) is 65.0 Å². The van der Waals surface area contributed by atoms with Crippen molar-refractivity contribution in [1.82, 2.24) is 0 Å². The summed E-state index contributed by atoms with van der Waals surface area (Å²) < 4.78 is 13.8. The van der Waals surface area contributed by atoms with Gasteiger partial charge < -0.3 is 14.3 Å². The van der Waals surface area contributed by atoms with Crippen molar-refractivity contribution in [3.8, 4) is 17.5 Å². The average Bonchev–Trinajstić information content (AvgIpc) is 3.51. The molecule has 0 spiro atoms. The molecule has 39 heavy (non-hydrogen) atoms. The summed E-state index contributed by atoms with van der Waals surface area (Å²) in [6, 6.07) is 19.7. The fraction of sp³-hybridized carbons (Fsp3) is 0.233. The van der Waals surface area contributed by atoms with Gasteiger partial charge in [-0.1, -0.05) is 72.9 Å². The molecule has 1 heterocycles. The Hall–Kier alpha value is -3.50. The van der Waals surface area contributed by atoms with Gasteiger partial charge in [-0.05, 0) is 53.9 Å². The van der Waals surface area contributed by atoms with Crippen LogP contribution >= 0.6 is 34.8 Å². The molecule has 0 amide bonds. The van der Waals surface area contributed by atoms with E-state index in [0.717, 1.165) is 17.0 Å². The molecule has 1 fully saturated rings. The van der Waals surface area contributed by atoms with Crippen molar-refractivity contribution in [3.63, 3.8) is 0 Å². The minimum Gasteiger partial charge on any atom is -0.482 e. The Morgan fingerprint density at radius 1 is 1.13 bits per heavy atom. The lowest BCUT2D eigenvalue weighted by Crippen LogP contribution is -2.35. The SMILES string of the molecule is CC(C)c1oc[n+](-c2c(Cl)cccc2Cl)c1COc1ccc(C2(C#N)CC2c2cccc(C(=O)O)c2)c(Cl)c1. The molecular weight excluding hydrogens is 559 g/mol. The van der Waals surface area contributed by atoms with E-state index in [1.165, 1.54) is 6.07 Å². The van der Waals surface area contributed by atoms with Crippen LogP contribution in [0.25, 0.3) is 5.69 Å². The van der Waals surface area contributed by atoms with Crippen molar-refractivity contribution in [2.24, 2.45) is 0 Å². The van der Waals surface area contributed by atoms with Gasteiger partial charge in [-0.2, -0.15) is 5.26 Å². The number of oxazole rings is 1. The number of carboxylic acids is 1. The van der Waals surface area contributed by atoms with Crippen LogP contribution in [-0.2, 0) is 12.0 Å². The van der Waals surface area contributed by atoms with E-state index in [2.05, 4.69) is 6.07 Å². The summed E-state index contributed by atoms with van der Waals surface area (Å²) in [7, 11) is 0. The van der Waals surface area contributed by atoms with Crippen LogP contribution in [0, 0.1) is 11.3 Å². The topological polar surface area (TPSA) is 87.3 Å². The molecule has 2 atom stereocenters. The molecular formula is C30H24Cl3N2O4+. The first-order valence-corrected chi connectivity index (χ1v) is 13.4. The van der Waals surface area contributed by atoms with E-state index < -0.39 is 11.4 Å². The van der Waals surface area contributed by atoms with Gasteiger partial charge in [0.15, 0.2) is 12.4 Å². The van der Waals surface area contributed by atoms with Crippen LogP contribution in [-0.4, -0.2) is 11.1 Å². The van der Waals surface area contributed by atoms with E-state index in [-0.39, 0.29) is 24.0 Å². The minimum atomic E-state index is -1.00. The third kappa shape index (κ3) is 4.98. The van der Waals surface area contributed by atoms with Gasteiger partial charge in [0.2, 0.25) is 0 Å². The summed E-state index contributed by atoms with van der Waals surface area (Å²) >= 11 is 19.6. The van der Waals surface area contributed by atoms with Gasteiger partial charge in [0.25, 0.3) is 11.4 Å². The molecule has 1 aromatic heterocycles. The molecule has 0 saturated heterocycles. The van der Waals surface area contributed by atoms with Gasteiger partial charge in [0.1, 0.15) is 15.8 Å². The van der Waals surface area contributed by atoms with E-state index in [1.54, 1.807) is 59.5 Å². The molecule has 198 valence electrons. The maximum absolute atomic E-state index is 11.4. The maximum atomic E-state index is 11.4. The lowest BCUT2D eigenvalue weighted by Gasteiger charge is -2.14. The van der Waals surface area contributed by atoms with Crippen LogP contribution in [0.3, 0.4) is 0 Å². The molecule has 5 rings (SSSR count). The molecule has 0 bridgehead atoms. The molecule has 1 saturated carbocycles. The lowest BCUT2D eigenvalue weighted by atomic mass is 9.91. The molecule has 4 aromatic rings. The molecule has 1 aliphatic rings. The number of carboxylic acid groups (broad SMARTS) is 1. The second kappa shape index (κ2) is 10.6. The van der Waals surface area contributed by atoms with Crippen molar-refractivity contribution < 1.29 is 23.6 Å². The zero-order valence-corrected chi connectivity index (χ0v) is 23.4. The number of nitriles is 1. The van der Waals surface area contributed by atoms with E-state index in [4.69, 9.17) is 44.0 Å². The Morgan fingerprint density at radius 2 is 1.85 bits per heavy atom. The van der Waals surface area contributed by atoms with Crippen molar-refractivity contribution in [1.29, 1.82) is 5.26 Å². The van der Waals surface area contributed by atoms with Crippen LogP contribution in [0.4, 0.5) is 0 Å². The van der Waals surface area contributed by atoms with Crippen LogP contribution < -0.4 is 9.30 Å². The highest BCUT2D eigenvalue weighted by atomic mass is 35.5. The Balaban J connectivity index is 1.41. The second-order valence-electron chi connectivity index (χ2n) is 9.83. The highest BCUT2D eigenvalue weighted by Crippen LogP contribution is 2.61. The first-order valence-electron chi connectivity index (χ1n) is 12.3. The van der Waals surface area contributed by atoms with Crippen molar-refractivity contribution in [2.45, 2.75) is 44.1 Å². The van der Waals surface area contributed by atoms with Crippen molar-refractivity contribution >= 4 is 40.8 Å². The van der Waals surface area contributed by atoms with Gasteiger partial charge in [-0.15, -0.1) is 4.57 Å². The van der Waals surface area contributed by atoms with E-state index in [1.807, 2.05) is 19.9 Å². The first kappa shape index (κ1) is 27.1. The number of benzene rings is 3. The summed E-state index contributed by atoms with van der Waals surface area (Å²) in [4.78, 5) is 11.4. The fourth-order valence-corrected chi connectivity index (χ4v) is 5.93. The molecule has 1 N–H and O–H groups in total. The van der Waals surface area contributed by atoms with E-state index >= 15 is 0 Å². The smallest absolute Gasteiger partial charge is 0.341 e. The summed E-state index contributed by atoms with van der Waals surface area (Å²) in [6.45, 7) is 4.20. The largest absolute Gasteiger partial charge is 0.482 e. The number of hydrogen-bond donors (Lipinski definition) is 1. The highest BCUT2D eigenvalue weighted by molar-refractivity contribution is 6.37. The summed E-state index contributed by atoms with van der Waals surface area (Å²) in [6.07, 6.45) is 2.12. The average molecular weight is 583 g/mol. The Bertz CT molecular complexity index is 1600. The molecule has 9 heteroatoms. The van der Waals surface area contributed by atoms with Gasteiger partial charge in [-0.25, -0.2) is 4.79 Å². The molecule has 6 nitrogen and oxygen atoms in total. The third-order valence-corrected chi connectivity index (χ3v) is 7.98. The molecule has 0 radical (unpaired) electrons. The number of ether oxygens (including phenoxy) is 1. The predicted molar refractivity (Wildman–Crippen MR) is 148 cm³/mol. The summed E-state index contributed by atoms with van der Waals surface area (Å²) in [5.41, 5.74) is 2.22. The van der Waals surface area contributed by atoms with E-state index in [9.17, 15) is 15.2 Å². The third-order valence-electron chi connectivity index (χ3n) is 7.06. The Labute approximate surface area is 240 Å². The zero-order chi connectivity index (χ0) is 27.9. The first-order chi connectivity index (χ1) is 18.7. The highest BCUT2D eigenvalue weighted by Gasteiger charge is 2.57. The number of hydrogen-bond acceptors (Lipinski definition) is 4. The maximum Gasteiger partial charge on any atom is 0.341 e. The second-order valence-corrected chi connectivity index (χ2v) is 11.1. The summed E-state index contributed by atoms with van der Waals surface area (Å²) in [5.74, 6) is 0.191. The Kier molecular flexibility index (Phi) is 7.35. The van der Waals surface area contributed by atoms with Gasteiger partial charge in [0, 0.05) is 16.9 Å². The number of halogens is 3. The predicted octanol–water partition coefficient (Wildman–Crippen LogP) is 7.87. The normalized spacial score (nSPS) is 18.1. The monoisotopic (exact) mass is 581 g/mol. The number of nitrogens with zero attached hydrogens (tertiary/aromatic N) is 2. The summed E-state index contributed by atoms with van der Waals surface area (Å²) in [5, 5.41) is 20.8. The standard InChI is InChI=1S/C30H23Cl3N2O4/c1-17(2)28-26(35(16-39-28)27-23(31)7-4-8-24(27)32)14-38-20-9-10-21(25(33)12-20)30(15-34)13-22(30)18-5-3-6-19(11-18)29(36)37/h3-12,16-17,22H,13-14H2,1-2H3/p+1. The molecule has 0 aliphatic heterocycles. The lowest BCUT2D eigenvalue weighted by molar-refractivity contribution is -0.609. The quantitative estimate of drug-likeness (QED) is 0.214. The fourth-order valence-electron chi connectivity index (χ4n) is 5.01. The number of para-hydroxylation sites is 1. The van der Waals surface area contributed by atoms with Crippen LogP contribution in [0.2, 0.25) is 15.1 Å². The number of rotatable bonds is 8. The molecule has 3 aromatic carbocycles. The van der Waals surface area contributed by atoms with Gasteiger partial charge in [-0.3, -0.25) is 0 Å². The number of aromatic carboxylic acids is 1. The van der Waals surface area contributed by atoms with Crippen LogP contribution in [0.15, 0.2) is 71.5 Å². The molecule has 2 unspecified atom stereocenters.